The van der Waals surface area contributed by atoms with Crippen molar-refractivity contribution in [3.8, 4) is 5.75 Å². The normalized spacial score (nSPS) is 14.4. The fraction of sp³-hybridized carbons (Fsp3) is 0.250. The maximum absolute atomic E-state index is 12.7. The van der Waals surface area contributed by atoms with Gasteiger partial charge in [-0.3, -0.25) is 30.1 Å². The van der Waals surface area contributed by atoms with Crippen LogP contribution in [0.25, 0.3) is 6.08 Å². The number of nitrogens with one attached hydrogen (secondary N) is 2. The number of nitrogens with zero attached hydrogens (tertiary/aromatic N) is 1. The number of benzene rings is 2. The zero-order valence-corrected chi connectivity index (χ0v) is 21.7. The Bertz CT molecular complexity index is 1110. The summed E-state index contributed by atoms with van der Waals surface area (Å²) in [7, 11) is 1.61. The van der Waals surface area contributed by atoms with Crippen molar-refractivity contribution in [2.45, 2.75) is 25.7 Å². The Balaban J connectivity index is 1.37. The molecule has 2 aromatic carbocycles. The molecule has 1 aliphatic rings. The van der Waals surface area contributed by atoms with Crippen molar-refractivity contribution in [3.63, 3.8) is 0 Å². The largest absolute Gasteiger partial charge is 0.497 e. The molecule has 3 rings (SSSR count). The van der Waals surface area contributed by atoms with E-state index >= 15 is 0 Å². The molecule has 0 unspecified atom stereocenters. The summed E-state index contributed by atoms with van der Waals surface area (Å²) in [6, 6.07) is 14.4. The molecule has 3 amide bonds. The summed E-state index contributed by atoms with van der Waals surface area (Å²) in [6.07, 6.45) is 4.20. The van der Waals surface area contributed by atoms with Crippen LogP contribution in [0.3, 0.4) is 0 Å². The van der Waals surface area contributed by atoms with Gasteiger partial charge in [0.25, 0.3) is 11.8 Å². The minimum absolute atomic E-state index is 0.0988. The zero-order chi connectivity index (χ0) is 24.5. The molecule has 0 aromatic heterocycles. The molecule has 0 spiro atoms. The van der Waals surface area contributed by atoms with Gasteiger partial charge in [0.1, 0.15) is 10.1 Å². The van der Waals surface area contributed by atoms with E-state index in [2.05, 4.69) is 26.8 Å². The second-order valence-electron chi connectivity index (χ2n) is 7.40. The van der Waals surface area contributed by atoms with Gasteiger partial charge in [0, 0.05) is 17.4 Å². The van der Waals surface area contributed by atoms with Crippen molar-refractivity contribution < 1.29 is 19.1 Å². The minimum atomic E-state index is -0.391. The van der Waals surface area contributed by atoms with Crippen molar-refractivity contribution in [2.75, 3.05) is 13.7 Å². The first kappa shape index (κ1) is 25.9. The van der Waals surface area contributed by atoms with Gasteiger partial charge in [-0.15, -0.1) is 0 Å². The van der Waals surface area contributed by atoms with Crippen LogP contribution < -0.4 is 15.6 Å². The minimum Gasteiger partial charge on any atom is -0.497 e. The van der Waals surface area contributed by atoms with Crippen molar-refractivity contribution in [2.24, 2.45) is 0 Å². The molecule has 178 valence electrons. The number of hydrazine groups is 1. The van der Waals surface area contributed by atoms with Crippen LogP contribution in [0.15, 0.2) is 57.9 Å². The Morgan fingerprint density at radius 2 is 1.82 bits per heavy atom. The van der Waals surface area contributed by atoms with E-state index < -0.39 is 5.91 Å². The number of hydrogen-bond acceptors (Lipinski definition) is 6. The highest BCUT2D eigenvalue weighted by Gasteiger charge is 2.31. The molecule has 1 aliphatic heterocycles. The Labute approximate surface area is 216 Å². The first-order valence-corrected chi connectivity index (χ1v) is 12.6. The molecule has 0 bridgehead atoms. The average Bonchev–Trinajstić information content (AvgIpc) is 3.10. The third-order valence-electron chi connectivity index (χ3n) is 5.01. The molecule has 0 aliphatic carbocycles. The second-order valence-corrected chi connectivity index (χ2v) is 9.93. The van der Waals surface area contributed by atoms with Crippen LogP contribution in [0.2, 0.25) is 0 Å². The summed E-state index contributed by atoms with van der Waals surface area (Å²) in [5.74, 6) is -0.00491. The lowest BCUT2D eigenvalue weighted by Gasteiger charge is -2.14. The molecule has 0 radical (unpaired) electrons. The molecule has 2 aromatic rings. The van der Waals surface area contributed by atoms with Gasteiger partial charge in [0.15, 0.2) is 0 Å². The number of rotatable bonds is 9. The van der Waals surface area contributed by atoms with Crippen LogP contribution in [0.4, 0.5) is 0 Å². The highest BCUT2D eigenvalue weighted by molar-refractivity contribution is 9.10. The number of unbranched alkanes of at least 4 members (excludes halogenated alkanes) is 2. The number of methoxy groups -OCH3 is 1. The van der Waals surface area contributed by atoms with Crippen LogP contribution in [0.1, 0.15) is 41.6 Å². The van der Waals surface area contributed by atoms with Crippen molar-refractivity contribution >= 4 is 68.0 Å². The van der Waals surface area contributed by atoms with Gasteiger partial charge in [0.2, 0.25) is 5.91 Å². The van der Waals surface area contributed by atoms with Crippen molar-refractivity contribution in [1.29, 1.82) is 0 Å². The quantitative estimate of drug-likeness (QED) is 0.200. The maximum Gasteiger partial charge on any atom is 0.270 e. The number of amides is 3. The van der Waals surface area contributed by atoms with Crippen LogP contribution in [0.5, 0.6) is 5.75 Å². The Morgan fingerprint density at radius 3 is 2.53 bits per heavy atom. The summed E-state index contributed by atoms with van der Waals surface area (Å²) < 4.78 is 6.34. The molecule has 0 atom stereocenters. The Hall–Kier alpha value is -2.69. The van der Waals surface area contributed by atoms with E-state index in [1.165, 1.54) is 11.8 Å². The summed E-state index contributed by atoms with van der Waals surface area (Å²) in [5.41, 5.74) is 6.18. The zero-order valence-electron chi connectivity index (χ0n) is 18.5. The number of carbonyl (C=O) groups excluding carboxylic acids is 3. The molecule has 2 N–H and O–H groups in total. The van der Waals surface area contributed by atoms with Gasteiger partial charge in [-0.2, -0.15) is 0 Å². The number of halogens is 1. The third-order valence-corrected chi connectivity index (χ3v) is 7.08. The van der Waals surface area contributed by atoms with Gasteiger partial charge in [0.05, 0.1) is 17.6 Å². The smallest absolute Gasteiger partial charge is 0.270 e. The molecule has 1 heterocycles. The molecule has 34 heavy (non-hydrogen) atoms. The number of ether oxygens (including phenoxy) is 1. The van der Waals surface area contributed by atoms with Gasteiger partial charge in [-0.25, -0.2) is 0 Å². The van der Waals surface area contributed by atoms with Crippen molar-refractivity contribution in [1.82, 2.24) is 15.8 Å². The number of thiocarbonyl (C=S) groups is 1. The van der Waals surface area contributed by atoms with E-state index in [1.54, 1.807) is 36.3 Å². The molecule has 1 saturated heterocycles. The fourth-order valence-electron chi connectivity index (χ4n) is 3.18. The highest BCUT2D eigenvalue weighted by atomic mass is 79.9. The molecule has 1 fully saturated rings. The van der Waals surface area contributed by atoms with E-state index in [1.807, 2.05) is 30.3 Å². The van der Waals surface area contributed by atoms with Gasteiger partial charge < -0.3 is 4.74 Å². The average molecular weight is 563 g/mol. The van der Waals surface area contributed by atoms with E-state index in [-0.39, 0.29) is 18.2 Å². The second kappa shape index (κ2) is 12.7. The van der Waals surface area contributed by atoms with E-state index in [0.29, 0.717) is 32.2 Å². The van der Waals surface area contributed by atoms with Crippen LogP contribution in [-0.2, 0) is 9.59 Å². The molecular formula is C24H24BrN3O4S2. The van der Waals surface area contributed by atoms with Gasteiger partial charge >= 0.3 is 0 Å². The third kappa shape index (κ3) is 7.15. The molecule has 7 nitrogen and oxygen atoms in total. The Morgan fingerprint density at radius 1 is 1.09 bits per heavy atom. The SMILES string of the molecule is COc1ccc(C=C2SC(=S)N(CCCCCC(=O)NNC(=O)c3ccccc3Br)C2=O)cc1. The monoisotopic (exact) mass is 561 g/mol. The summed E-state index contributed by atoms with van der Waals surface area (Å²) in [6.45, 7) is 0.505. The maximum atomic E-state index is 12.7. The summed E-state index contributed by atoms with van der Waals surface area (Å²) in [5, 5.41) is 0. The predicted molar refractivity (Wildman–Crippen MR) is 141 cm³/mol. The molecular weight excluding hydrogens is 538 g/mol. The summed E-state index contributed by atoms with van der Waals surface area (Å²) in [4.78, 5) is 39.0. The first-order valence-electron chi connectivity index (χ1n) is 10.6. The topological polar surface area (TPSA) is 87.7 Å². The molecule has 0 saturated carbocycles. The van der Waals surface area contributed by atoms with E-state index in [4.69, 9.17) is 17.0 Å². The lowest BCUT2D eigenvalue weighted by Crippen LogP contribution is -2.41. The van der Waals surface area contributed by atoms with E-state index in [0.717, 1.165) is 24.2 Å². The molecule has 10 heteroatoms. The van der Waals surface area contributed by atoms with E-state index in [9.17, 15) is 14.4 Å². The highest BCUT2D eigenvalue weighted by Crippen LogP contribution is 2.33. The predicted octanol–water partition coefficient (Wildman–Crippen LogP) is 4.68. The lowest BCUT2D eigenvalue weighted by atomic mass is 10.1. The summed E-state index contributed by atoms with van der Waals surface area (Å²) >= 11 is 9.98. The van der Waals surface area contributed by atoms with Crippen LogP contribution >= 0.6 is 39.9 Å². The van der Waals surface area contributed by atoms with Gasteiger partial charge in [-0.05, 0) is 64.7 Å². The Kier molecular flexibility index (Phi) is 9.67. The standard InChI is InChI=1S/C24H24BrN3O4S2/c1-32-17-12-10-16(11-13-17)15-20-23(31)28(24(33)34-20)14-6-2-3-9-21(29)26-27-22(30)18-7-4-5-8-19(18)25/h4-5,7-8,10-13,15H,2-3,6,9,14H2,1H3,(H,26,29)(H,27,30). The first-order chi connectivity index (χ1) is 16.4. The van der Waals surface area contributed by atoms with Crippen molar-refractivity contribution in [3.05, 3.63) is 69.0 Å². The number of thioether (sulfide) groups is 1. The lowest BCUT2D eigenvalue weighted by molar-refractivity contribution is -0.123. The van der Waals surface area contributed by atoms with Crippen LogP contribution in [-0.4, -0.2) is 40.6 Å². The van der Waals surface area contributed by atoms with Crippen LogP contribution in [0, 0.1) is 0 Å². The van der Waals surface area contributed by atoms with Gasteiger partial charge in [-0.1, -0.05) is 54.7 Å². The fourth-order valence-corrected chi connectivity index (χ4v) is 4.95. The number of carbonyl (C=O) groups is 3. The number of hydrogen-bond donors (Lipinski definition) is 2.